The molecule has 1 fully saturated rings. The number of piperidine rings is 1. The molecule has 0 aliphatic carbocycles. The summed E-state index contributed by atoms with van der Waals surface area (Å²) >= 11 is 1.39. The summed E-state index contributed by atoms with van der Waals surface area (Å²) in [5.41, 5.74) is 1.12. The first-order valence-corrected chi connectivity index (χ1v) is 10.7. The zero-order valence-electron chi connectivity index (χ0n) is 16.5. The highest BCUT2D eigenvalue weighted by Crippen LogP contribution is 2.26. The molecule has 1 N–H and O–H groups in total. The minimum absolute atomic E-state index is 0.0213. The molecule has 0 unspecified atom stereocenters. The molecular formula is C21H21N7OS. The fraction of sp³-hybridized carbons (Fsp3) is 0.286. The third-order valence-electron chi connectivity index (χ3n) is 5.43. The van der Waals surface area contributed by atoms with Crippen LogP contribution in [-0.2, 0) is 4.79 Å². The number of nitrogens with one attached hydrogen (secondary N) is 1. The van der Waals surface area contributed by atoms with Gasteiger partial charge in [-0.1, -0.05) is 29.5 Å². The zero-order valence-corrected chi connectivity index (χ0v) is 17.3. The highest BCUT2D eigenvalue weighted by atomic mass is 32.1. The maximum Gasteiger partial charge on any atom is 0.229 e. The van der Waals surface area contributed by atoms with Crippen molar-refractivity contribution in [2.24, 2.45) is 5.92 Å². The summed E-state index contributed by atoms with van der Waals surface area (Å²) in [7, 11) is 0. The summed E-state index contributed by atoms with van der Waals surface area (Å²) in [5, 5.41) is 13.4. The Bertz CT molecular complexity index is 1190. The van der Waals surface area contributed by atoms with Gasteiger partial charge in [0.1, 0.15) is 23.0 Å². The minimum atomic E-state index is -0.0276. The number of para-hydroxylation sites is 1. The van der Waals surface area contributed by atoms with Gasteiger partial charge in [-0.05, 0) is 37.3 Å². The molecule has 30 heavy (non-hydrogen) atoms. The molecule has 0 bridgehead atoms. The van der Waals surface area contributed by atoms with Gasteiger partial charge in [0.2, 0.25) is 11.0 Å². The molecule has 152 valence electrons. The van der Waals surface area contributed by atoms with Crippen molar-refractivity contribution in [2.75, 3.05) is 23.3 Å². The van der Waals surface area contributed by atoms with Crippen LogP contribution in [0.4, 0.5) is 10.9 Å². The second kappa shape index (κ2) is 7.83. The Morgan fingerprint density at radius 2 is 1.90 bits per heavy atom. The quantitative estimate of drug-likeness (QED) is 0.545. The number of fused-ring (bicyclic) bond motifs is 1. The molecule has 3 aromatic heterocycles. The van der Waals surface area contributed by atoms with Gasteiger partial charge < -0.3 is 14.8 Å². The Kier molecular flexibility index (Phi) is 4.88. The van der Waals surface area contributed by atoms with Crippen LogP contribution in [0.25, 0.3) is 16.7 Å². The SMILES string of the molecule is Cc1nnc(NC(=O)C2CCN(c3cc(-n4ccc5ccccc54)ncn3)CC2)s1. The van der Waals surface area contributed by atoms with Crippen LogP contribution in [0.2, 0.25) is 0 Å². The maximum absolute atomic E-state index is 12.5. The van der Waals surface area contributed by atoms with Gasteiger partial charge in [0.15, 0.2) is 0 Å². The molecule has 1 amide bonds. The lowest BCUT2D eigenvalue weighted by Crippen LogP contribution is -2.38. The molecule has 0 radical (unpaired) electrons. The molecule has 4 aromatic rings. The maximum atomic E-state index is 12.5. The first-order valence-electron chi connectivity index (χ1n) is 9.92. The van der Waals surface area contributed by atoms with Crippen molar-refractivity contribution in [1.82, 2.24) is 24.7 Å². The number of rotatable bonds is 4. The van der Waals surface area contributed by atoms with Gasteiger partial charge in [-0.2, -0.15) is 0 Å². The fourth-order valence-electron chi connectivity index (χ4n) is 3.85. The summed E-state index contributed by atoms with van der Waals surface area (Å²) in [5.74, 6) is 1.72. The number of carbonyl (C=O) groups excluding carboxylic acids is 1. The van der Waals surface area contributed by atoms with Crippen molar-refractivity contribution >= 4 is 39.1 Å². The lowest BCUT2D eigenvalue weighted by atomic mass is 9.96. The normalized spacial score (nSPS) is 14.9. The average molecular weight is 420 g/mol. The van der Waals surface area contributed by atoms with Crippen LogP contribution in [0.3, 0.4) is 0 Å². The average Bonchev–Trinajstić information content (AvgIpc) is 3.40. The van der Waals surface area contributed by atoms with Crippen LogP contribution < -0.4 is 10.2 Å². The van der Waals surface area contributed by atoms with E-state index in [1.807, 2.05) is 31.3 Å². The molecule has 4 heterocycles. The number of benzene rings is 1. The van der Waals surface area contributed by atoms with Gasteiger partial charge in [-0.3, -0.25) is 4.79 Å². The van der Waals surface area contributed by atoms with Gasteiger partial charge >= 0.3 is 0 Å². The number of carbonyl (C=O) groups is 1. The molecular weight excluding hydrogens is 398 g/mol. The third kappa shape index (κ3) is 3.63. The van der Waals surface area contributed by atoms with Gasteiger partial charge in [0.05, 0.1) is 5.52 Å². The Hall–Kier alpha value is -3.33. The van der Waals surface area contributed by atoms with Gasteiger partial charge in [-0.25, -0.2) is 9.97 Å². The van der Waals surface area contributed by atoms with Crippen molar-refractivity contribution in [1.29, 1.82) is 0 Å². The van der Waals surface area contributed by atoms with E-state index in [1.165, 1.54) is 16.7 Å². The van der Waals surface area contributed by atoms with Crippen molar-refractivity contribution < 1.29 is 4.79 Å². The van der Waals surface area contributed by atoms with Crippen molar-refractivity contribution in [3.8, 4) is 5.82 Å². The second-order valence-corrected chi connectivity index (χ2v) is 8.54. The summed E-state index contributed by atoms with van der Waals surface area (Å²) in [6.07, 6.45) is 5.18. The van der Waals surface area contributed by atoms with E-state index in [9.17, 15) is 4.79 Å². The van der Waals surface area contributed by atoms with Crippen molar-refractivity contribution in [2.45, 2.75) is 19.8 Å². The molecule has 5 rings (SSSR count). The topological polar surface area (TPSA) is 88.8 Å². The molecule has 8 nitrogen and oxygen atoms in total. The number of amides is 1. The van der Waals surface area contributed by atoms with Gasteiger partial charge in [0.25, 0.3) is 0 Å². The summed E-state index contributed by atoms with van der Waals surface area (Å²) in [6.45, 7) is 3.42. The number of hydrogen-bond acceptors (Lipinski definition) is 7. The van der Waals surface area contributed by atoms with Crippen LogP contribution in [0, 0.1) is 12.8 Å². The number of anilines is 2. The highest BCUT2D eigenvalue weighted by molar-refractivity contribution is 7.15. The summed E-state index contributed by atoms with van der Waals surface area (Å²) in [4.78, 5) is 23.7. The molecule has 1 aliphatic rings. The van der Waals surface area contributed by atoms with Gasteiger partial charge in [0, 0.05) is 31.3 Å². The fourth-order valence-corrected chi connectivity index (χ4v) is 4.44. The molecule has 9 heteroatoms. The molecule has 1 saturated heterocycles. The van der Waals surface area contributed by atoms with E-state index in [1.54, 1.807) is 6.33 Å². The molecule has 0 atom stereocenters. The summed E-state index contributed by atoms with van der Waals surface area (Å²) < 4.78 is 2.07. The lowest BCUT2D eigenvalue weighted by molar-refractivity contribution is -0.120. The van der Waals surface area contributed by atoms with Crippen molar-refractivity contribution in [3.63, 3.8) is 0 Å². The van der Waals surface area contributed by atoms with Crippen LogP contribution >= 0.6 is 11.3 Å². The summed E-state index contributed by atoms with van der Waals surface area (Å²) in [6, 6.07) is 12.3. The number of aryl methyl sites for hydroxylation is 1. The van der Waals surface area contributed by atoms with E-state index in [4.69, 9.17) is 0 Å². The first-order chi connectivity index (χ1) is 14.7. The number of nitrogens with zero attached hydrogens (tertiary/aromatic N) is 6. The van der Waals surface area contributed by atoms with E-state index in [2.05, 4.69) is 53.1 Å². The van der Waals surface area contributed by atoms with Crippen molar-refractivity contribution in [3.05, 3.63) is 53.9 Å². The van der Waals surface area contributed by atoms with E-state index < -0.39 is 0 Å². The number of aromatic nitrogens is 5. The van der Waals surface area contributed by atoms with Crippen LogP contribution in [0.5, 0.6) is 0 Å². The molecule has 0 spiro atoms. The molecule has 1 aliphatic heterocycles. The van der Waals surface area contributed by atoms with E-state index >= 15 is 0 Å². The first kappa shape index (κ1) is 18.7. The minimum Gasteiger partial charge on any atom is -0.356 e. The zero-order chi connectivity index (χ0) is 20.5. The van der Waals surface area contributed by atoms with E-state index in [0.717, 1.165) is 48.1 Å². The van der Waals surface area contributed by atoms with E-state index in [-0.39, 0.29) is 11.8 Å². The predicted octanol–water partition coefficient (Wildman–Crippen LogP) is 3.44. The Balaban J connectivity index is 1.27. The smallest absolute Gasteiger partial charge is 0.229 e. The monoisotopic (exact) mass is 419 g/mol. The predicted molar refractivity (Wildman–Crippen MR) is 117 cm³/mol. The Labute approximate surface area is 177 Å². The van der Waals surface area contributed by atoms with Gasteiger partial charge in [-0.15, -0.1) is 10.2 Å². The Morgan fingerprint density at radius 1 is 1.10 bits per heavy atom. The third-order valence-corrected chi connectivity index (χ3v) is 6.18. The highest BCUT2D eigenvalue weighted by Gasteiger charge is 2.26. The largest absolute Gasteiger partial charge is 0.356 e. The Morgan fingerprint density at radius 3 is 2.70 bits per heavy atom. The second-order valence-electron chi connectivity index (χ2n) is 7.36. The van der Waals surface area contributed by atoms with E-state index in [0.29, 0.717) is 5.13 Å². The standard InChI is InChI=1S/C21H21N7OS/c1-14-25-26-21(30-14)24-20(29)16-6-9-27(10-7-16)18-12-19(23-13-22-18)28-11-8-15-4-2-3-5-17(15)28/h2-5,8,11-13,16H,6-7,9-10H2,1H3,(H,24,26,29). The molecule has 1 aromatic carbocycles. The molecule has 0 saturated carbocycles. The van der Waals surface area contributed by atoms with Crippen LogP contribution in [0.1, 0.15) is 17.8 Å². The lowest BCUT2D eigenvalue weighted by Gasteiger charge is -2.32. The number of hydrogen-bond donors (Lipinski definition) is 1. The van der Waals surface area contributed by atoms with Crippen LogP contribution in [-0.4, -0.2) is 43.7 Å². The van der Waals surface area contributed by atoms with Crippen LogP contribution in [0.15, 0.2) is 48.9 Å².